The Bertz CT molecular complexity index is 523. The lowest BCUT2D eigenvalue weighted by molar-refractivity contribution is 0.202. The molecule has 0 radical (unpaired) electrons. The highest BCUT2D eigenvalue weighted by Crippen LogP contribution is 2.22. The van der Waals surface area contributed by atoms with Gasteiger partial charge in [-0.2, -0.15) is 4.98 Å². The largest absolute Gasteiger partial charge is 0.439 e. The molecule has 1 aromatic carbocycles. The van der Waals surface area contributed by atoms with E-state index in [2.05, 4.69) is 9.97 Å². The van der Waals surface area contributed by atoms with E-state index in [0.29, 0.717) is 23.5 Å². The third-order valence-electron chi connectivity index (χ3n) is 2.52. The highest BCUT2D eigenvalue weighted by atomic mass is 35.5. The zero-order valence-electron chi connectivity index (χ0n) is 10.9. The highest BCUT2D eigenvalue weighted by Gasteiger charge is 2.03. The van der Waals surface area contributed by atoms with Gasteiger partial charge in [0, 0.05) is 13.2 Å². The molecule has 1 heterocycles. The first-order valence-corrected chi connectivity index (χ1v) is 6.32. The molecule has 100 valence electrons. The van der Waals surface area contributed by atoms with E-state index in [1.54, 1.807) is 20.1 Å². The van der Waals surface area contributed by atoms with Gasteiger partial charge in [0.25, 0.3) is 0 Å². The maximum atomic E-state index is 5.85. The molecule has 0 saturated carbocycles. The molecule has 0 aliphatic heterocycles. The van der Waals surface area contributed by atoms with Crippen LogP contribution >= 0.6 is 11.6 Å². The van der Waals surface area contributed by atoms with Crippen molar-refractivity contribution < 1.29 is 9.47 Å². The first kappa shape index (κ1) is 13.8. The lowest BCUT2D eigenvalue weighted by Gasteiger charge is -2.06. The van der Waals surface area contributed by atoms with Crippen molar-refractivity contribution in [1.82, 2.24) is 9.97 Å². The molecule has 0 unspecified atom stereocenters. The second-order valence-corrected chi connectivity index (χ2v) is 4.45. The minimum atomic E-state index is 0.374. The van der Waals surface area contributed by atoms with Gasteiger partial charge in [-0.05, 0) is 31.0 Å². The van der Waals surface area contributed by atoms with E-state index in [1.165, 1.54) is 5.56 Å². The summed E-state index contributed by atoms with van der Waals surface area (Å²) in [7, 11) is 1.69. The molecule has 2 aromatic rings. The van der Waals surface area contributed by atoms with Gasteiger partial charge in [0.05, 0.1) is 6.61 Å². The number of halogens is 1. The van der Waals surface area contributed by atoms with Crippen LogP contribution in [0.3, 0.4) is 0 Å². The van der Waals surface area contributed by atoms with Gasteiger partial charge < -0.3 is 9.47 Å². The molecule has 1 aromatic heterocycles. The van der Waals surface area contributed by atoms with Gasteiger partial charge in [0.2, 0.25) is 5.88 Å². The lowest BCUT2D eigenvalue weighted by Crippen LogP contribution is -1.95. The van der Waals surface area contributed by atoms with Crippen LogP contribution in [-0.2, 0) is 11.2 Å². The Balaban J connectivity index is 2.06. The maximum absolute atomic E-state index is 5.85. The van der Waals surface area contributed by atoms with E-state index < -0.39 is 0 Å². The molecule has 0 aliphatic rings. The molecule has 0 fully saturated rings. The van der Waals surface area contributed by atoms with Gasteiger partial charge >= 0.3 is 0 Å². The molecule has 19 heavy (non-hydrogen) atoms. The standard InChI is InChI=1S/C14H15ClN2O2/c1-10-16-13(15)9-14(17-10)19-12-5-3-11(4-6-12)7-8-18-2/h3-6,9H,7-8H2,1-2H3. The molecule has 0 spiro atoms. The predicted molar refractivity (Wildman–Crippen MR) is 73.9 cm³/mol. The molecular weight excluding hydrogens is 264 g/mol. The van der Waals surface area contributed by atoms with Crippen LogP contribution in [0.15, 0.2) is 30.3 Å². The van der Waals surface area contributed by atoms with Crippen LogP contribution in [0.1, 0.15) is 11.4 Å². The van der Waals surface area contributed by atoms with Crippen LogP contribution in [-0.4, -0.2) is 23.7 Å². The second kappa shape index (κ2) is 6.50. The van der Waals surface area contributed by atoms with Gasteiger partial charge in [-0.3, -0.25) is 0 Å². The number of hydrogen-bond acceptors (Lipinski definition) is 4. The summed E-state index contributed by atoms with van der Waals surface area (Å²) in [5.41, 5.74) is 1.20. The van der Waals surface area contributed by atoms with Crippen molar-refractivity contribution in [2.75, 3.05) is 13.7 Å². The molecule has 2 rings (SSSR count). The number of aromatic nitrogens is 2. The Hall–Kier alpha value is -1.65. The van der Waals surface area contributed by atoms with Crippen molar-refractivity contribution in [3.05, 3.63) is 46.9 Å². The Morgan fingerprint density at radius 3 is 2.53 bits per heavy atom. The van der Waals surface area contributed by atoms with Gasteiger partial charge in [-0.1, -0.05) is 23.7 Å². The monoisotopic (exact) mass is 278 g/mol. The van der Waals surface area contributed by atoms with Crippen molar-refractivity contribution in [3.63, 3.8) is 0 Å². The van der Waals surface area contributed by atoms with Crippen molar-refractivity contribution in [2.45, 2.75) is 13.3 Å². The topological polar surface area (TPSA) is 44.2 Å². The fourth-order valence-corrected chi connectivity index (χ4v) is 1.84. The molecular formula is C14H15ClN2O2. The third-order valence-corrected chi connectivity index (χ3v) is 2.72. The smallest absolute Gasteiger partial charge is 0.224 e. The van der Waals surface area contributed by atoms with Crippen molar-refractivity contribution in [2.24, 2.45) is 0 Å². The number of aryl methyl sites for hydroxylation is 1. The summed E-state index contributed by atoms with van der Waals surface area (Å²) in [6.45, 7) is 2.48. The fourth-order valence-electron chi connectivity index (χ4n) is 1.62. The number of hydrogen-bond donors (Lipinski definition) is 0. The average molecular weight is 279 g/mol. The first-order chi connectivity index (χ1) is 9.17. The summed E-state index contributed by atoms with van der Waals surface area (Å²) in [6, 6.07) is 9.40. The van der Waals surface area contributed by atoms with Gasteiger partial charge in [-0.15, -0.1) is 0 Å². The first-order valence-electron chi connectivity index (χ1n) is 5.94. The fraction of sp³-hybridized carbons (Fsp3) is 0.286. The Morgan fingerprint density at radius 1 is 1.16 bits per heavy atom. The van der Waals surface area contributed by atoms with Crippen LogP contribution in [0, 0.1) is 6.92 Å². The summed E-state index contributed by atoms with van der Waals surface area (Å²) in [4.78, 5) is 8.15. The number of nitrogens with zero attached hydrogens (tertiary/aromatic N) is 2. The quantitative estimate of drug-likeness (QED) is 0.786. The molecule has 0 N–H and O–H groups in total. The zero-order chi connectivity index (χ0) is 13.7. The van der Waals surface area contributed by atoms with Crippen LogP contribution in [0.25, 0.3) is 0 Å². The summed E-state index contributed by atoms with van der Waals surface area (Å²) < 4.78 is 10.7. The number of rotatable bonds is 5. The Kier molecular flexibility index (Phi) is 4.71. The molecule has 4 nitrogen and oxygen atoms in total. The lowest BCUT2D eigenvalue weighted by atomic mass is 10.1. The van der Waals surface area contributed by atoms with Crippen molar-refractivity contribution >= 4 is 11.6 Å². The van der Waals surface area contributed by atoms with E-state index >= 15 is 0 Å². The molecule has 0 atom stereocenters. The van der Waals surface area contributed by atoms with Gasteiger partial charge in [0.1, 0.15) is 16.7 Å². The summed E-state index contributed by atoms with van der Waals surface area (Å²) >= 11 is 5.85. The number of ether oxygens (including phenoxy) is 2. The zero-order valence-corrected chi connectivity index (χ0v) is 11.6. The minimum Gasteiger partial charge on any atom is -0.439 e. The Morgan fingerprint density at radius 2 is 1.89 bits per heavy atom. The highest BCUT2D eigenvalue weighted by molar-refractivity contribution is 6.29. The maximum Gasteiger partial charge on any atom is 0.224 e. The van der Waals surface area contributed by atoms with Gasteiger partial charge in [-0.25, -0.2) is 4.98 Å². The van der Waals surface area contributed by atoms with E-state index in [-0.39, 0.29) is 0 Å². The van der Waals surface area contributed by atoms with Gasteiger partial charge in [0.15, 0.2) is 0 Å². The van der Waals surface area contributed by atoms with E-state index in [0.717, 1.165) is 12.2 Å². The third kappa shape index (κ3) is 4.19. The summed E-state index contributed by atoms with van der Waals surface area (Å²) in [5, 5.41) is 0.374. The van der Waals surface area contributed by atoms with E-state index in [1.807, 2.05) is 24.3 Å². The number of benzene rings is 1. The predicted octanol–water partition coefficient (Wildman–Crippen LogP) is 3.42. The molecule has 5 heteroatoms. The van der Waals surface area contributed by atoms with E-state index in [4.69, 9.17) is 21.1 Å². The van der Waals surface area contributed by atoms with E-state index in [9.17, 15) is 0 Å². The van der Waals surface area contributed by atoms with Crippen LogP contribution in [0.5, 0.6) is 11.6 Å². The molecule has 0 amide bonds. The van der Waals surface area contributed by atoms with Crippen LogP contribution in [0.4, 0.5) is 0 Å². The SMILES string of the molecule is COCCc1ccc(Oc2cc(Cl)nc(C)n2)cc1. The second-order valence-electron chi connectivity index (χ2n) is 4.06. The molecule has 0 aliphatic carbocycles. The summed E-state index contributed by atoms with van der Waals surface area (Å²) in [6.07, 6.45) is 0.884. The number of methoxy groups -OCH3 is 1. The Labute approximate surface area is 117 Å². The average Bonchev–Trinajstić information content (AvgIpc) is 2.37. The normalized spacial score (nSPS) is 10.5. The molecule has 0 bridgehead atoms. The molecule has 0 saturated heterocycles. The summed E-state index contributed by atoms with van der Waals surface area (Å²) in [5.74, 6) is 1.75. The van der Waals surface area contributed by atoms with Crippen molar-refractivity contribution in [1.29, 1.82) is 0 Å². The van der Waals surface area contributed by atoms with Crippen LogP contribution < -0.4 is 4.74 Å². The van der Waals surface area contributed by atoms with Crippen LogP contribution in [0.2, 0.25) is 5.15 Å². The van der Waals surface area contributed by atoms with Crippen molar-refractivity contribution in [3.8, 4) is 11.6 Å². The minimum absolute atomic E-state index is 0.374.